The van der Waals surface area contributed by atoms with Gasteiger partial charge in [-0.25, -0.2) is 0 Å². The van der Waals surface area contributed by atoms with E-state index in [1.807, 2.05) is 30.0 Å². The predicted octanol–water partition coefficient (Wildman–Crippen LogP) is 4.48. The fraction of sp³-hybridized carbons (Fsp3) is 0.625. The van der Waals surface area contributed by atoms with Gasteiger partial charge in [0.15, 0.2) is 0 Å². The first-order valence-electron chi connectivity index (χ1n) is 7.57. The lowest BCUT2D eigenvalue weighted by Crippen LogP contribution is -2.44. The van der Waals surface area contributed by atoms with Crippen LogP contribution in [-0.4, -0.2) is 11.8 Å². The van der Waals surface area contributed by atoms with Gasteiger partial charge in [-0.2, -0.15) is 0 Å². The Labute approximate surface area is 131 Å². The minimum atomic E-state index is 0.400. The van der Waals surface area contributed by atoms with Crippen molar-refractivity contribution in [3.05, 3.63) is 29.3 Å². The van der Waals surface area contributed by atoms with Gasteiger partial charge >= 0.3 is 0 Å². The number of nitrogens with two attached hydrogens (primary N) is 1. The lowest BCUT2D eigenvalue weighted by atomic mass is 9.78. The van der Waals surface area contributed by atoms with Gasteiger partial charge in [0.05, 0.1) is 0 Å². The van der Waals surface area contributed by atoms with Crippen LogP contribution in [-0.2, 0) is 0 Å². The molecule has 0 amide bonds. The number of nitrogens with one attached hydrogen (secondary N) is 1. The molecule has 0 heterocycles. The molecule has 1 aromatic rings. The van der Waals surface area contributed by atoms with Crippen molar-refractivity contribution in [2.75, 3.05) is 5.75 Å². The molecule has 2 nitrogen and oxygen atoms in total. The minimum Gasteiger partial charge on any atom is -0.271 e. The van der Waals surface area contributed by atoms with Crippen molar-refractivity contribution in [1.29, 1.82) is 0 Å². The standard InChI is InChI=1S/C16H25ClN2S/c1-2-12-6-8-13(9-7-12)16(19-18)11-20-15-5-3-4-14(17)10-15/h3-5,10,12-13,16,19H,2,6-9,11,18H2,1H3. The highest BCUT2D eigenvalue weighted by Crippen LogP contribution is 2.34. The Kier molecular flexibility index (Phi) is 6.69. The second kappa shape index (κ2) is 8.28. The van der Waals surface area contributed by atoms with Gasteiger partial charge in [-0.1, -0.05) is 43.9 Å². The minimum absolute atomic E-state index is 0.400. The first-order chi connectivity index (χ1) is 9.72. The zero-order valence-corrected chi connectivity index (χ0v) is 13.7. The fourth-order valence-electron chi connectivity index (χ4n) is 3.06. The molecule has 1 fully saturated rings. The molecule has 4 heteroatoms. The van der Waals surface area contributed by atoms with E-state index in [0.29, 0.717) is 6.04 Å². The van der Waals surface area contributed by atoms with Crippen LogP contribution in [0.3, 0.4) is 0 Å². The van der Waals surface area contributed by atoms with Crippen molar-refractivity contribution in [2.24, 2.45) is 17.7 Å². The van der Waals surface area contributed by atoms with E-state index < -0.39 is 0 Å². The smallest absolute Gasteiger partial charge is 0.0417 e. The predicted molar refractivity (Wildman–Crippen MR) is 89.0 cm³/mol. The summed E-state index contributed by atoms with van der Waals surface area (Å²) >= 11 is 7.86. The van der Waals surface area contributed by atoms with Gasteiger partial charge in [-0.3, -0.25) is 11.3 Å². The monoisotopic (exact) mass is 312 g/mol. The van der Waals surface area contributed by atoms with Crippen LogP contribution in [0.4, 0.5) is 0 Å². The number of benzene rings is 1. The molecule has 1 aromatic carbocycles. The number of hydrogen-bond donors (Lipinski definition) is 2. The molecular weight excluding hydrogens is 288 g/mol. The number of halogens is 1. The Hall–Kier alpha value is -0.220. The summed E-state index contributed by atoms with van der Waals surface area (Å²) < 4.78 is 0. The summed E-state index contributed by atoms with van der Waals surface area (Å²) in [7, 11) is 0. The van der Waals surface area contributed by atoms with Gasteiger partial charge < -0.3 is 0 Å². The molecule has 1 saturated carbocycles. The third-order valence-corrected chi connectivity index (χ3v) is 5.83. The van der Waals surface area contributed by atoms with Crippen molar-refractivity contribution in [1.82, 2.24) is 5.43 Å². The largest absolute Gasteiger partial charge is 0.271 e. The molecule has 1 aliphatic carbocycles. The Morgan fingerprint density at radius 3 is 2.70 bits per heavy atom. The summed E-state index contributed by atoms with van der Waals surface area (Å²) in [5.74, 6) is 8.44. The van der Waals surface area contributed by atoms with E-state index >= 15 is 0 Å². The van der Waals surface area contributed by atoms with E-state index in [1.165, 1.54) is 37.0 Å². The lowest BCUT2D eigenvalue weighted by molar-refractivity contribution is 0.228. The molecule has 0 aliphatic heterocycles. The molecule has 0 bridgehead atoms. The molecule has 2 rings (SSSR count). The number of hydrogen-bond acceptors (Lipinski definition) is 3. The highest BCUT2D eigenvalue weighted by molar-refractivity contribution is 7.99. The first kappa shape index (κ1) is 16.2. The van der Waals surface area contributed by atoms with Crippen LogP contribution in [0.2, 0.25) is 5.02 Å². The SMILES string of the molecule is CCC1CCC(C(CSc2cccc(Cl)c2)NN)CC1. The molecule has 1 atom stereocenters. The molecule has 0 radical (unpaired) electrons. The van der Waals surface area contributed by atoms with Crippen molar-refractivity contribution >= 4 is 23.4 Å². The zero-order chi connectivity index (χ0) is 14.4. The normalized spacial score (nSPS) is 24.6. The Morgan fingerprint density at radius 2 is 2.10 bits per heavy atom. The summed E-state index contributed by atoms with van der Waals surface area (Å²) in [4.78, 5) is 1.22. The molecule has 1 unspecified atom stereocenters. The van der Waals surface area contributed by atoms with Crippen LogP contribution in [0.5, 0.6) is 0 Å². The van der Waals surface area contributed by atoms with Crippen LogP contribution in [0.25, 0.3) is 0 Å². The van der Waals surface area contributed by atoms with Crippen LogP contribution in [0.1, 0.15) is 39.0 Å². The van der Waals surface area contributed by atoms with E-state index in [9.17, 15) is 0 Å². The second-order valence-electron chi connectivity index (χ2n) is 5.73. The molecule has 112 valence electrons. The highest BCUT2D eigenvalue weighted by atomic mass is 35.5. The molecular formula is C16H25ClN2S. The van der Waals surface area contributed by atoms with Gasteiger partial charge in [0.2, 0.25) is 0 Å². The summed E-state index contributed by atoms with van der Waals surface area (Å²) in [5.41, 5.74) is 3.04. The van der Waals surface area contributed by atoms with Crippen LogP contribution >= 0.6 is 23.4 Å². The summed E-state index contributed by atoms with van der Waals surface area (Å²) in [6.07, 6.45) is 6.67. The van der Waals surface area contributed by atoms with E-state index in [-0.39, 0.29) is 0 Å². The van der Waals surface area contributed by atoms with E-state index in [4.69, 9.17) is 17.4 Å². The van der Waals surface area contributed by atoms with Gasteiger partial charge in [0.25, 0.3) is 0 Å². The molecule has 1 aliphatic rings. The maximum atomic E-state index is 6.02. The van der Waals surface area contributed by atoms with Crippen molar-refractivity contribution < 1.29 is 0 Å². The summed E-state index contributed by atoms with van der Waals surface area (Å²) in [5, 5.41) is 0.802. The fourth-order valence-corrected chi connectivity index (χ4v) is 4.44. The number of rotatable bonds is 6. The molecule has 20 heavy (non-hydrogen) atoms. The van der Waals surface area contributed by atoms with Gasteiger partial charge in [0.1, 0.15) is 0 Å². The zero-order valence-electron chi connectivity index (χ0n) is 12.1. The van der Waals surface area contributed by atoms with Gasteiger partial charge in [0, 0.05) is 21.7 Å². The van der Waals surface area contributed by atoms with Crippen molar-refractivity contribution in [3.63, 3.8) is 0 Å². The van der Waals surface area contributed by atoms with Crippen LogP contribution < -0.4 is 11.3 Å². The highest BCUT2D eigenvalue weighted by Gasteiger charge is 2.26. The molecule has 0 saturated heterocycles. The number of thioether (sulfide) groups is 1. The average Bonchev–Trinajstić information content (AvgIpc) is 2.48. The van der Waals surface area contributed by atoms with E-state index in [1.54, 1.807) is 0 Å². The second-order valence-corrected chi connectivity index (χ2v) is 7.26. The van der Waals surface area contributed by atoms with Crippen LogP contribution in [0.15, 0.2) is 29.2 Å². The van der Waals surface area contributed by atoms with E-state index in [2.05, 4.69) is 18.4 Å². The maximum absolute atomic E-state index is 6.02. The van der Waals surface area contributed by atoms with Crippen molar-refractivity contribution in [2.45, 2.75) is 50.0 Å². The Bertz CT molecular complexity index is 405. The number of hydrazine groups is 1. The van der Waals surface area contributed by atoms with Crippen LogP contribution in [0, 0.1) is 11.8 Å². The molecule has 3 N–H and O–H groups in total. The van der Waals surface area contributed by atoms with E-state index in [0.717, 1.165) is 22.6 Å². The molecule has 0 spiro atoms. The van der Waals surface area contributed by atoms with Gasteiger partial charge in [-0.05, 0) is 42.9 Å². The average molecular weight is 313 g/mol. The van der Waals surface area contributed by atoms with Gasteiger partial charge in [-0.15, -0.1) is 11.8 Å². The first-order valence-corrected chi connectivity index (χ1v) is 8.93. The topological polar surface area (TPSA) is 38.0 Å². The summed E-state index contributed by atoms with van der Waals surface area (Å²) in [6.45, 7) is 2.30. The quantitative estimate of drug-likeness (QED) is 0.462. The maximum Gasteiger partial charge on any atom is 0.0417 e. The third-order valence-electron chi connectivity index (χ3n) is 4.48. The summed E-state index contributed by atoms with van der Waals surface area (Å²) in [6, 6.07) is 8.45. The lowest BCUT2D eigenvalue weighted by Gasteiger charge is -2.33. The van der Waals surface area contributed by atoms with Crippen molar-refractivity contribution in [3.8, 4) is 0 Å². The molecule has 0 aromatic heterocycles. The Balaban J connectivity index is 1.83. The Morgan fingerprint density at radius 1 is 1.35 bits per heavy atom. The third kappa shape index (κ3) is 4.66.